The van der Waals surface area contributed by atoms with Crippen molar-refractivity contribution in [1.82, 2.24) is 4.90 Å². The molecular formula is C14H19NO3. The molecule has 1 heterocycles. The summed E-state index contributed by atoms with van der Waals surface area (Å²) in [5.41, 5.74) is 0.449. The lowest BCUT2D eigenvalue weighted by Gasteiger charge is -2.42. The zero-order valence-corrected chi connectivity index (χ0v) is 10.5. The average Bonchev–Trinajstić information content (AvgIpc) is 2.39. The van der Waals surface area contributed by atoms with Crippen LogP contribution in [0.2, 0.25) is 0 Å². The minimum atomic E-state index is -0.902. The molecule has 4 nitrogen and oxygen atoms in total. The Morgan fingerprint density at radius 3 is 2.67 bits per heavy atom. The minimum Gasteiger partial charge on any atom is -0.465 e. The molecule has 1 saturated heterocycles. The van der Waals surface area contributed by atoms with Crippen LogP contribution in [0.5, 0.6) is 0 Å². The molecule has 4 heteroatoms. The van der Waals surface area contributed by atoms with Gasteiger partial charge in [0, 0.05) is 18.5 Å². The largest absolute Gasteiger partial charge is 0.465 e. The van der Waals surface area contributed by atoms with E-state index in [0.717, 1.165) is 18.4 Å². The number of nitrogens with zero attached hydrogens (tertiary/aromatic N) is 1. The van der Waals surface area contributed by atoms with Crippen LogP contribution in [0.25, 0.3) is 0 Å². The van der Waals surface area contributed by atoms with Gasteiger partial charge in [-0.1, -0.05) is 37.3 Å². The molecule has 98 valence electrons. The van der Waals surface area contributed by atoms with Crippen molar-refractivity contribution >= 4 is 6.09 Å². The number of benzene rings is 1. The summed E-state index contributed by atoms with van der Waals surface area (Å²) in [5.74, 6) is 0. The van der Waals surface area contributed by atoms with Crippen molar-refractivity contribution in [2.24, 2.45) is 5.41 Å². The monoisotopic (exact) mass is 249 g/mol. The molecule has 0 bridgehead atoms. The molecule has 1 aliphatic rings. The van der Waals surface area contributed by atoms with Crippen LogP contribution in [0.4, 0.5) is 4.79 Å². The highest BCUT2D eigenvalue weighted by Crippen LogP contribution is 2.41. The maximum absolute atomic E-state index is 11.0. The van der Waals surface area contributed by atoms with Crippen LogP contribution < -0.4 is 0 Å². The van der Waals surface area contributed by atoms with Crippen LogP contribution in [0, 0.1) is 5.41 Å². The predicted octanol–water partition coefficient (Wildman–Crippen LogP) is 2.50. The molecule has 0 spiro atoms. The van der Waals surface area contributed by atoms with Gasteiger partial charge < -0.3 is 15.1 Å². The Balaban J connectivity index is 2.17. The number of aliphatic hydroxyl groups is 1. The summed E-state index contributed by atoms with van der Waals surface area (Å²) in [6.45, 7) is 2.91. The third-order valence-corrected chi connectivity index (χ3v) is 3.77. The van der Waals surface area contributed by atoms with E-state index in [4.69, 9.17) is 5.11 Å². The van der Waals surface area contributed by atoms with E-state index in [0.29, 0.717) is 13.1 Å². The van der Waals surface area contributed by atoms with Crippen molar-refractivity contribution in [3.63, 3.8) is 0 Å². The summed E-state index contributed by atoms with van der Waals surface area (Å²) in [6, 6.07) is 9.45. The fourth-order valence-electron chi connectivity index (χ4n) is 2.69. The second-order valence-electron chi connectivity index (χ2n) is 5.27. The molecular weight excluding hydrogens is 230 g/mol. The van der Waals surface area contributed by atoms with Crippen molar-refractivity contribution in [3.05, 3.63) is 35.9 Å². The Hall–Kier alpha value is -1.55. The number of likely N-dealkylation sites (tertiary alicyclic amines) is 1. The van der Waals surface area contributed by atoms with Crippen LogP contribution >= 0.6 is 0 Å². The maximum Gasteiger partial charge on any atom is 0.407 e. The number of hydrogen-bond acceptors (Lipinski definition) is 2. The van der Waals surface area contributed by atoms with Crippen LogP contribution in [0.3, 0.4) is 0 Å². The predicted molar refractivity (Wildman–Crippen MR) is 68.3 cm³/mol. The van der Waals surface area contributed by atoms with Crippen molar-refractivity contribution in [1.29, 1.82) is 0 Å². The molecule has 0 aliphatic carbocycles. The van der Waals surface area contributed by atoms with Gasteiger partial charge in [-0.05, 0) is 18.4 Å². The first kappa shape index (κ1) is 12.9. The van der Waals surface area contributed by atoms with Crippen LogP contribution in [-0.4, -0.2) is 34.3 Å². The highest BCUT2D eigenvalue weighted by Gasteiger charge is 2.39. The van der Waals surface area contributed by atoms with Crippen molar-refractivity contribution in [3.8, 4) is 0 Å². The molecule has 2 N–H and O–H groups in total. The van der Waals surface area contributed by atoms with Crippen molar-refractivity contribution in [2.45, 2.75) is 25.9 Å². The van der Waals surface area contributed by atoms with E-state index in [2.05, 4.69) is 0 Å². The van der Waals surface area contributed by atoms with Gasteiger partial charge in [-0.25, -0.2) is 4.79 Å². The first-order chi connectivity index (χ1) is 8.53. The fourth-order valence-corrected chi connectivity index (χ4v) is 2.69. The fraction of sp³-hybridized carbons (Fsp3) is 0.500. The molecule has 1 aromatic rings. The molecule has 1 aromatic carbocycles. The summed E-state index contributed by atoms with van der Waals surface area (Å²) in [6.07, 6.45) is 0.113. The van der Waals surface area contributed by atoms with Crippen molar-refractivity contribution in [2.75, 3.05) is 13.1 Å². The number of aliphatic hydroxyl groups excluding tert-OH is 1. The van der Waals surface area contributed by atoms with Gasteiger partial charge in [0.05, 0.1) is 6.10 Å². The van der Waals surface area contributed by atoms with Gasteiger partial charge in [0.2, 0.25) is 0 Å². The first-order valence-corrected chi connectivity index (χ1v) is 6.24. The average molecular weight is 249 g/mol. The van der Waals surface area contributed by atoms with Gasteiger partial charge in [-0.3, -0.25) is 0 Å². The SMILES string of the molecule is CC1(C(O)c2ccccc2)CCCN(C(=O)O)C1. The topological polar surface area (TPSA) is 60.8 Å². The Kier molecular flexibility index (Phi) is 3.57. The van der Waals surface area contributed by atoms with E-state index in [1.165, 1.54) is 4.90 Å². The van der Waals surface area contributed by atoms with Gasteiger partial charge in [0.25, 0.3) is 0 Å². The lowest BCUT2D eigenvalue weighted by atomic mass is 9.74. The third-order valence-electron chi connectivity index (χ3n) is 3.77. The Morgan fingerprint density at radius 1 is 1.39 bits per heavy atom. The standard InChI is InChI=1S/C14H19NO3/c1-14(8-5-9-15(10-14)13(17)18)12(16)11-6-3-2-4-7-11/h2-4,6-7,12,16H,5,8-10H2,1H3,(H,17,18). The molecule has 1 fully saturated rings. The molecule has 0 radical (unpaired) electrons. The van der Waals surface area contributed by atoms with Gasteiger partial charge in [0.15, 0.2) is 0 Å². The maximum atomic E-state index is 11.0. The van der Waals surface area contributed by atoms with E-state index in [-0.39, 0.29) is 0 Å². The normalized spacial score (nSPS) is 25.8. The smallest absolute Gasteiger partial charge is 0.407 e. The van der Waals surface area contributed by atoms with E-state index in [9.17, 15) is 9.90 Å². The number of rotatable bonds is 2. The van der Waals surface area contributed by atoms with Gasteiger partial charge in [-0.2, -0.15) is 0 Å². The Labute approximate surface area is 107 Å². The summed E-state index contributed by atoms with van der Waals surface area (Å²) < 4.78 is 0. The van der Waals surface area contributed by atoms with E-state index in [1.54, 1.807) is 0 Å². The van der Waals surface area contributed by atoms with E-state index < -0.39 is 17.6 Å². The molecule has 2 rings (SSSR count). The second kappa shape index (κ2) is 4.98. The number of piperidine rings is 1. The highest BCUT2D eigenvalue weighted by molar-refractivity contribution is 5.65. The Bertz CT molecular complexity index is 420. The molecule has 2 unspecified atom stereocenters. The van der Waals surface area contributed by atoms with Gasteiger partial charge in [0.1, 0.15) is 0 Å². The molecule has 1 amide bonds. The van der Waals surface area contributed by atoms with Gasteiger partial charge in [-0.15, -0.1) is 0 Å². The molecule has 18 heavy (non-hydrogen) atoms. The van der Waals surface area contributed by atoms with Crippen LogP contribution in [0.1, 0.15) is 31.4 Å². The number of carboxylic acid groups (broad SMARTS) is 1. The zero-order chi connectivity index (χ0) is 13.2. The molecule has 2 atom stereocenters. The second-order valence-corrected chi connectivity index (χ2v) is 5.27. The highest BCUT2D eigenvalue weighted by atomic mass is 16.4. The van der Waals surface area contributed by atoms with E-state index in [1.807, 2.05) is 37.3 Å². The summed E-state index contributed by atoms with van der Waals surface area (Å²) in [4.78, 5) is 12.4. The quantitative estimate of drug-likeness (QED) is 0.846. The number of carbonyl (C=O) groups is 1. The van der Waals surface area contributed by atoms with Crippen molar-refractivity contribution < 1.29 is 15.0 Å². The Morgan fingerprint density at radius 2 is 2.06 bits per heavy atom. The molecule has 1 aliphatic heterocycles. The summed E-state index contributed by atoms with van der Waals surface area (Å²) in [5, 5.41) is 19.6. The van der Waals surface area contributed by atoms with Crippen LogP contribution in [-0.2, 0) is 0 Å². The van der Waals surface area contributed by atoms with E-state index >= 15 is 0 Å². The zero-order valence-electron chi connectivity index (χ0n) is 10.5. The lowest BCUT2D eigenvalue weighted by molar-refractivity contribution is -0.0164. The summed E-state index contributed by atoms with van der Waals surface area (Å²) in [7, 11) is 0. The first-order valence-electron chi connectivity index (χ1n) is 6.24. The third kappa shape index (κ3) is 2.48. The number of hydrogen-bond donors (Lipinski definition) is 2. The number of amides is 1. The lowest BCUT2D eigenvalue weighted by Crippen LogP contribution is -2.46. The van der Waals surface area contributed by atoms with Gasteiger partial charge >= 0.3 is 6.09 Å². The molecule has 0 aromatic heterocycles. The molecule has 0 saturated carbocycles. The summed E-state index contributed by atoms with van der Waals surface area (Å²) >= 11 is 0. The minimum absolute atomic E-state index is 0.387. The van der Waals surface area contributed by atoms with Crippen LogP contribution in [0.15, 0.2) is 30.3 Å².